The Bertz CT molecular complexity index is 869. The standard InChI is InChI=1S/C21H23ClN2O5/c1-4-28-14-19(15-9-6-5-7-10-15)23-29-13-17-16(11-8-12-18(17)22)20(24-27-3)21(25)26-2/h5-12H,4,13-14H2,1-3H3/b23-19+,24-20+. The molecule has 0 aliphatic carbocycles. The highest BCUT2D eigenvalue weighted by Gasteiger charge is 2.21. The molecule has 0 N–H and O–H groups in total. The number of nitrogens with zero attached hydrogens (tertiary/aromatic N) is 2. The zero-order valence-corrected chi connectivity index (χ0v) is 17.3. The monoisotopic (exact) mass is 418 g/mol. The summed E-state index contributed by atoms with van der Waals surface area (Å²) in [6.07, 6.45) is 0. The second kappa shape index (κ2) is 11.8. The third-order valence-electron chi connectivity index (χ3n) is 3.87. The highest BCUT2D eigenvalue weighted by molar-refractivity contribution is 6.44. The number of methoxy groups -OCH3 is 1. The van der Waals surface area contributed by atoms with E-state index in [-0.39, 0.29) is 12.3 Å². The van der Waals surface area contributed by atoms with E-state index in [0.29, 0.717) is 35.1 Å². The molecule has 0 saturated carbocycles. The zero-order valence-electron chi connectivity index (χ0n) is 16.6. The Morgan fingerprint density at radius 2 is 1.79 bits per heavy atom. The predicted molar refractivity (Wildman–Crippen MR) is 111 cm³/mol. The van der Waals surface area contributed by atoms with Gasteiger partial charge in [-0.3, -0.25) is 0 Å². The van der Waals surface area contributed by atoms with Gasteiger partial charge in [0.25, 0.3) is 0 Å². The first-order chi connectivity index (χ1) is 14.1. The molecule has 0 atom stereocenters. The van der Waals surface area contributed by atoms with Crippen LogP contribution in [0.1, 0.15) is 23.6 Å². The molecular formula is C21H23ClN2O5. The summed E-state index contributed by atoms with van der Waals surface area (Å²) in [6.45, 7) is 2.77. The molecule has 0 amide bonds. The molecule has 0 radical (unpaired) electrons. The van der Waals surface area contributed by atoms with Crippen molar-refractivity contribution in [3.8, 4) is 0 Å². The van der Waals surface area contributed by atoms with E-state index in [9.17, 15) is 4.79 Å². The molecular weight excluding hydrogens is 396 g/mol. The molecule has 8 heteroatoms. The minimum absolute atomic E-state index is 0.0111. The average Bonchev–Trinajstić information content (AvgIpc) is 2.75. The zero-order chi connectivity index (χ0) is 21.1. The van der Waals surface area contributed by atoms with Crippen LogP contribution in [0.15, 0.2) is 58.8 Å². The lowest BCUT2D eigenvalue weighted by Gasteiger charge is -2.12. The van der Waals surface area contributed by atoms with Gasteiger partial charge in [0.1, 0.15) is 19.4 Å². The summed E-state index contributed by atoms with van der Waals surface area (Å²) in [7, 11) is 2.60. The molecule has 2 rings (SSSR count). The van der Waals surface area contributed by atoms with Gasteiger partial charge in [0, 0.05) is 28.3 Å². The molecule has 2 aromatic rings. The average molecular weight is 419 g/mol. The number of carbonyl (C=O) groups excluding carboxylic acids is 1. The third kappa shape index (κ3) is 6.30. The predicted octanol–water partition coefficient (Wildman–Crippen LogP) is 3.82. The maximum atomic E-state index is 12.1. The van der Waals surface area contributed by atoms with Crippen molar-refractivity contribution >= 4 is 29.0 Å². The Balaban J connectivity index is 2.30. The lowest BCUT2D eigenvalue weighted by atomic mass is 10.0. The fourth-order valence-electron chi connectivity index (χ4n) is 2.48. The van der Waals surface area contributed by atoms with Crippen LogP contribution in [0.3, 0.4) is 0 Å². The van der Waals surface area contributed by atoms with E-state index in [4.69, 9.17) is 30.7 Å². The van der Waals surface area contributed by atoms with Gasteiger partial charge in [-0.2, -0.15) is 0 Å². The van der Waals surface area contributed by atoms with Crippen molar-refractivity contribution < 1.29 is 23.9 Å². The number of hydrogen-bond acceptors (Lipinski definition) is 7. The number of hydrogen-bond donors (Lipinski definition) is 0. The summed E-state index contributed by atoms with van der Waals surface area (Å²) in [5.41, 5.74) is 2.48. The van der Waals surface area contributed by atoms with Crippen LogP contribution >= 0.6 is 11.6 Å². The maximum Gasteiger partial charge on any atom is 0.360 e. The van der Waals surface area contributed by atoms with Crippen LogP contribution in [0.5, 0.6) is 0 Å². The fraction of sp³-hybridized carbons (Fsp3) is 0.286. The molecule has 0 spiro atoms. The van der Waals surface area contributed by atoms with E-state index in [1.807, 2.05) is 37.3 Å². The first-order valence-electron chi connectivity index (χ1n) is 8.91. The summed E-state index contributed by atoms with van der Waals surface area (Å²) in [6, 6.07) is 14.6. The molecule has 0 bridgehead atoms. The maximum absolute atomic E-state index is 12.1. The van der Waals surface area contributed by atoms with Gasteiger partial charge < -0.3 is 19.1 Å². The smallest absolute Gasteiger partial charge is 0.360 e. The second-order valence-corrected chi connectivity index (χ2v) is 6.10. The Kier molecular flexibility index (Phi) is 9.14. The molecule has 0 heterocycles. The van der Waals surface area contributed by atoms with E-state index in [0.717, 1.165) is 5.56 Å². The highest BCUT2D eigenvalue weighted by Crippen LogP contribution is 2.23. The minimum atomic E-state index is -0.653. The van der Waals surface area contributed by atoms with Crippen LogP contribution in [-0.2, 0) is 30.6 Å². The van der Waals surface area contributed by atoms with Gasteiger partial charge >= 0.3 is 5.97 Å². The molecule has 154 valence electrons. The summed E-state index contributed by atoms with van der Waals surface area (Å²) < 4.78 is 10.3. The van der Waals surface area contributed by atoms with E-state index in [1.165, 1.54) is 14.2 Å². The van der Waals surface area contributed by atoms with E-state index >= 15 is 0 Å². The Morgan fingerprint density at radius 1 is 1.03 bits per heavy atom. The first kappa shape index (κ1) is 22.4. The van der Waals surface area contributed by atoms with Gasteiger partial charge in [0.15, 0.2) is 5.71 Å². The van der Waals surface area contributed by atoms with Crippen molar-refractivity contribution in [2.75, 3.05) is 27.4 Å². The molecule has 0 aliphatic rings. The SMILES string of the molecule is CCOC/C(=N\OCc1c(Cl)cccc1/C(=N\OC)C(=O)OC)c1ccccc1. The summed E-state index contributed by atoms with van der Waals surface area (Å²) in [5.74, 6) is -0.653. The van der Waals surface area contributed by atoms with Crippen LogP contribution < -0.4 is 0 Å². The van der Waals surface area contributed by atoms with Gasteiger partial charge in [-0.05, 0) is 13.0 Å². The molecule has 7 nitrogen and oxygen atoms in total. The largest absolute Gasteiger partial charge is 0.464 e. The summed E-state index contributed by atoms with van der Waals surface area (Å²) in [5, 5.41) is 8.39. The number of oxime groups is 2. The molecule has 0 fully saturated rings. The van der Waals surface area contributed by atoms with Crippen LogP contribution in [0.2, 0.25) is 5.02 Å². The molecule has 0 aromatic heterocycles. The van der Waals surface area contributed by atoms with Gasteiger partial charge in [0.2, 0.25) is 0 Å². The number of rotatable bonds is 10. The summed E-state index contributed by atoms with van der Waals surface area (Å²) in [4.78, 5) is 22.4. The normalized spacial score (nSPS) is 11.9. The number of esters is 1. The van der Waals surface area contributed by atoms with E-state index in [2.05, 4.69) is 10.3 Å². The van der Waals surface area contributed by atoms with Crippen molar-refractivity contribution in [2.45, 2.75) is 13.5 Å². The molecule has 29 heavy (non-hydrogen) atoms. The Morgan fingerprint density at radius 3 is 2.45 bits per heavy atom. The minimum Gasteiger partial charge on any atom is -0.464 e. The van der Waals surface area contributed by atoms with Crippen LogP contribution in [0.25, 0.3) is 0 Å². The van der Waals surface area contributed by atoms with Gasteiger partial charge in [-0.25, -0.2) is 4.79 Å². The van der Waals surface area contributed by atoms with Crippen molar-refractivity contribution in [1.29, 1.82) is 0 Å². The molecule has 0 unspecified atom stereocenters. The highest BCUT2D eigenvalue weighted by atomic mass is 35.5. The first-order valence-corrected chi connectivity index (χ1v) is 9.29. The number of halogens is 1. The summed E-state index contributed by atoms with van der Waals surface area (Å²) >= 11 is 6.34. The van der Waals surface area contributed by atoms with Crippen molar-refractivity contribution in [2.24, 2.45) is 10.3 Å². The topological polar surface area (TPSA) is 78.7 Å². The number of benzene rings is 2. The second-order valence-electron chi connectivity index (χ2n) is 5.69. The van der Waals surface area contributed by atoms with Crippen molar-refractivity contribution in [3.63, 3.8) is 0 Å². The number of carbonyl (C=O) groups is 1. The van der Waals surface area contributed by atoms with Crippen LogP contribution in [0.4, 0.5) is 0 Å². The van der Waals surface area contributed by atoms with Gasteiger partial charge in [-0.1, -0.05) is 64.4 Å². The van der Waals surface area contributed by atoms with Crippen LogP contribution in [-0.4, -0.2) is 44.8 Å². The fourth-order valence-corrected chi connectivity index (χ4v) is 2.71. The lowest BCUT2D eigenvalue weighted by Crippen LogP contribution is -2.19. The third-order valence-corrected chi connectivity index (χ3v) is 4.22. The van der Waals surface area contributed by atoms with Crippen molar-refractivity contribution in [3.05, 3.63) is 70.2 Å². The Hall–Kier alpha value is -2.90. The quantitative estimate of drug-likeness (QED) is 0.333. The molecule has 2 aromatic carbocycles. The molecule has 0 aliphatic heterocycles. The molecule has 0 saturated heterocycles. The Labute approximate surface area is 174 Å². The lowest BCUT2D eigenvalue weighted by molar-refractivity contribution is -0.132. The van der Waals surface area contributed by atoms with E-state index < -0.39 is 5.97 Å². The van der Waals surface area contributed by atoms with Gasteiger partial charge in [0.05, 0.1) is 13.7 Å². The van der Waals surface area contributed by atoms with Crippen molar-refractivity contribution in [1.82, 2.24) is 0 Å². The van der Waals surface area contributed by atoms with Gasteiger partial charge in [-0.15, -0.1) is 0 Å². The van der Waals surface area contributed by atoms with Crippen LogP contribution in [0, 0.1) is 0 Å². The van der Waals surface area contributed by atoms with E-state index in [1.54, 1.807) is 18.2 Å². The number of ether oxygens (including phenoxy) is 2.